The first-order valence-corrected chi connectivity index (χ1v) is 10.9. The Morgan fingerprint density at radius 3 is 2.74 bits per heavy atom. The van der Waals surface area contributed by atoms with E-state index in [0.717, 1.165) is 35.8 Å². The molecule has 2 heterocycles. The van der Waals surface area contributed by atoms with Crippen molar-refractivity contribution in [1.29, 1.82) is 0 Å². The lowest BCUT2D eigenvalue weighted by Crippen LogP contribution is -2.38. The SMILES string of the molecule is O=C(COC(=O)Cc1coc2cc3c(cc12)CCC3)N[C@@H]1CCS(=O)(=O)C1. The van der Waals surface area contributed by atoms with Crippen molar-refractivity contribution < 1.29 is 27.2 Å². The van der Waals surface area contributed by atoms with Crippen molar-refractivity contribution in [2.24, 2.45) is 0 Å². The molecule has 1 atom stereocenters. The number of amides is 1. The molecule has 1 aromatic carbocycles. The molecule has 1 aliphatic heterocycles. The second-order valence-corrected chi connectivity index (χ2v) is 9.47. The lowest BCUT2D eigenvalue weighted by molar-refractivity contribution is -0.148. The van der Waals surface area contributed by atoms with Crippen LogP contribution in [0.15, 0.2) is 22.8 Å². The second-order valence-electron chi connectivity index (χ2n) is 7.24. The van der Waals surface area contributed by atoms with Crippen LogP contribution in [-0.2, 0) is 43.4 Å². The summed E-state index contributed by atoms with van der Waals surface area (Å²) < 4.78 is 33.4. The Labute approximate surface area is 157 Å². The number of sulfone groups is 1. The van der Waals surface area contributed by atoms with E-state index in [2.05, 4.69) is 11.4 Å². The van der Waals surface area contributed by atoms with Crippen molar-refractivity contribution >= 4 is 32.7 Å². The molecule has 7 nitrogen and oxygen atoms in total. The summed E-state index contributed by atoms with van der Waals surface area (Å²) in [5.41, 5.74) is 4.10. The van der Waals surface area contributed by atoms with Crippen LogP contribution in [0.2, 0.25) is 0 Å². The molecule has 0 saturated carbocycles. The number of benzene rings is 1. The third-order valence-electron chi connectivity index (χ3n) is 5.16. The minimum Gasteiger partial charge on any atom is -0.464 e. The Kier molecular flexibility index (Phi) is 4.67. The largest absolute Gasteiger partial charge is 0.464 e. The maximum atomic E-state index is 12.1. The van der Waals surface area contributed by atoms with Crippen LogP contribution >= 0.6 is 0 Å². The smallest absolute Gasteiger partial charge is 0.310 e. The minimum atomic E-state index is -3.06. The molecule has 1 aliphatic carbocycles. The molecule has 4 rings (SSSR count). The number of nitrogens with one attached hydrogen (secondary N) is 1. The summed E-state index contributed by atoms with van der Waals surface area (Å²) in [6.07, 6.45) is 5.21. The summed E-state index contributed by atoms with van der Waals surface area (Å²) in [7, 11) is -3.06. The third-order valence-corrected chi connectivity index (χ3v) is 6.93. The van der Waals surface area contributed by atoms with Gasteiger partial charge in [-0.15, -0.1) is 0 Å². The van der Waals surface area contributed by atoms with E-state index in [1.54, 1.807) is 6.26 Å². The monoisotopic (exact) mass is 391 g/mol. The number of rotatable bonds is 5. The number of carbonyl (C=O) groups is 2. The first-order valence-electron chi connectivity index (χ1n) is 9.07. The molecule has 0 unspecified atom stereocenters. The van der Waals surface area contributed by atoms with Gasteiger partial charge in [-0.1, -0.05) is 0 Å². The maximum Gasteiger partial charge on any atom is 0.310 e. The normalized spacial score (nSPS) is 20.5. The zero-order chi connectivity index (χ0) is 19.0. The van der Waals surface area contributed by atoms with Crippen LogP contribution in [0.3, 0.4) is 0 Å². The number of fused-ring (bicyclic) bond motifs is 2. The first-order chi connectivity index (χ1) is 12.9. The fraction of sp³-hybridized carbons (Fsp3) is 0.474. The van der Waals surface area contributed by atoms with Gasteiger partial charge in [-0.05, 0) is 48.9 Å². The van der Waals surface area contributed by atoms with Gasteiger partial charge in [-0.3, -0.25) is 9.59 Å². The van der Waals surface area contributed by atoms with E-state index in [-0.39, 0.29) is 17.9 Å². The van der Waals surface area contributed by atoms with Gasteiger partial charge in [0.1, 0.15) is 5.58 Å². The number of aryl methyl sites for hydroxylation is 2. The van der Waals surface area contributed by atoms with E-state index >= 15 is 0 Å². The van der Waals surface area contributed by atoms with E-state index in [4.69, 9.17) is 9.15 Å². The second kappa shape index (κ2) is 6.99. The highest BCUT2D eigenvalue weighted by molar-refractivity contribution is 7.91. The topological polar surface area (TPSA) is 103 Å². The molecule has 27 heavy (non-hydrogen) atoms. The quantitative estimate of drug-likeness (QED) is 0.771. The Balaban J connectivity index is 1.32. The van der Waals surface area contributed by atoms with Crippen LogP contribution in [0.5, 0.6) is 0 Å². The predicted molar refractivity (Wildman–Crippen MR) is 98.1 cm³/mol. The molecule has 1 aromatic heterocycles. The van der Waals surface area contributed by atoms with Gasteiger partial charge in [0.05, 0.1) is 24.2 Å². The average Bonchev–Trinajstić information content (AvgIpc) is 3.30. The van der Waals surface area contributed by atoms with Crippen LogP contribution in [0.25, 0.3) is 11.0 Å². The van der Waals surface area contributed by atoms with Crippen molar-refractivity contribution in [2.75, 3.05) is 18.1 Å². The lowest BCUT2D eigenvalue weighted by atomic mass is 10.0. The van der Waals surface area contributed by atoms with E-state index in [1.165, 1.54) is 11.1 Å². The fourth-order valence-corrected chi connectivity index (χ4v) is 5.49. The van der Waals surface area contributed by atoms with Crippen molar-refractivity contribution in [3.63, 3.8) is 0 Å². The molecular weight excluding hydrogens is 370 g/mol. The molecule has 1 amide bonds. The predicted octanol–water partition coefficient (Wildman–Crippen LogP) is 1.31. The van der Waals surface area contributed by atoms with Gasteiger partial charge in [0, 0.05) is 17.0 Å². The van der Waals surface area contributed by atoms with Gasteiger partial charge in [-0.25, -0.2) is 8.42 Å². The molecule has 2 aromatic rings. The molecular formula is C19H21NO6S. The van der Waals surface area contributed by atoms with Crippen LogP contribution in [0, 0.1) is 0 Å². The van der Waals surface area contributed by atoms with Crippen molar-refractivity contribution in [3.05, 3.63) is 35.1 Å². The Bertz CT molecular complexity index is 1010. The molecule has 8 heteroatoms. The average molecular weight is 391 g/mol. The first kappa shape index (κ1) is 18.0. The zero-order valence-corrected chi connectivity index (χ0v) is 15.6. The summed E-state index contributed by atoms with van der Waals surface area (Å²) in [4.78, 5) is 23.9. The van der Waals surface area contributed by atoms with Crippen LogP contribution in [-0.4, -0.2) is 44.4 Å². The molecule has 2 aliphatic rings. The number of esters is 1. The molecule has 1 N–H and O–H groups in total. The molecule has 1 fully saturated rings. The third kappa shape index (κ3) is 4.00. The van der Waals surface area contributed by atoms with Crippen molar-refractivity contribution in [1.82, 2.24) is 5.32 Å². The number of hydrogen-bond donors (Lipinski definition) is 1. The van der Waals surface area contributed by atoms with E-state index in [9.17, 15) is 18.0 Å². The molecule has 0 spiro atoms. The standard InChI is InChI=1S/C19H21NO6S/c21-18(20-15-4-5-27(23,24)11-15)10-26-19(22)8-14-9-25-17-7-13-3-1-2-12(13)6-16(14)17/h6-7,9,15H,1-5,8,10-11H2,(H,20,21)/t15-/m1/s1. The Hall–Kier alpha value is -2.35. The zero-order valence-electron chi connectivity index (χ0n) is 14.8. The highest BCUT2D eigenvalue weighted by atomic mass is 32.2. The van der Waals surface area contributed by atoms with Gasteiger partial charge in [0.2, 0.25) is 0 Å². The molecule has 0 radical (unpaired) electrons. The van der Waals surface area contributed by atoms with Gasteiger partial charge in [0.15, 0.2) is 16.4 Å². The van der Waals surface area contributed by atoms with Crippen molar-refractivity contribution in [3.8, 4) is 0 Å². The van der Waals surface area contributed by atoms with Crippen LogP contribution in [0.4, 0.5) is 0 Å². The van der Waals surface area contributed by atoms with Crippen molar-refractivity contribution in [2.45, 2.75) is 38.1 Å². The molecule has 1 saturated heterocycles. The van der Waals surface area contributed by atoms with Crippen LogP contribution < -0.4 is 5.32 Å². The maximum absolute atomic E-state index is 12.1. The summed E-state index contributed by atoms with van der Waals surface area (Å²) in [5, 5.41) is 3.50. The number of ether oxygens (including phenoxy) is 1. The summed E-state index contributed by atoms with van der Waals surface area (Å²) in [5.74, 6) is -0.986. The van der Waals surface area contributed by atoms with E-state index < -0.39 is 34.4 Å². The highest BCUT2D eigenvalue weighted by Gasteiger charge is 2.29. The number of hydrogen-bond acceptors (Lipinski definition) is 6. The Morgan fingerprint density at radius 1 is 1.22 bits per heavy atom. The van der Waals surface area contributed by atoms with Gasteiger partial charge < -0.3 is 14.5 Å². The number of furan rings is 1. The minimum absolute atomic E-state index is 0.0247. The summed E-state index contributed by atoms with van der Waals surface area (Å²) in [6, 6.07) is 3.72. The summed E-state index contributed by atoms with van der Waals surface area (Å²) >= 11 is 0. The fourth-order valence-electron chi connectivity index (χ4n) is 3.82. The Morgan fingerprint density at radius 2 is 2.00 bits per heavy atom. The summed E-state index contributed by atoms with van der Waals surface area (Å²) in [6.45, 7) is -0.416. The van der Waals surface area contributed by atoms with E-state index in [0.29, 0.717) is 6.42 Å². The lowest BCUT2D eigenvalue weighted by Gasteiger charge is -2.10. The van der Waals surface area contributed by atoms with E-state index in [1.807, 2.05) is 6.07 Å². The van der Waals surface area contributed by atoms with Crippen LogP contribution in [0.1, 0.15) is 29.5 Å². The van der Waals surface area contributed by atoms with Gasteiger partial charge >= 0.3 is 5.97 Å². The number of carbonyl (C=O) groups excluding carboxylic acids is 2. The van der Waals surface area contributed by atoms with Gasteiger partial charge in [-0.2, -0.15) is 0 Å². The van der Waals surface area contributed by atoms with Gasteiger partial charge in [0.25, 0.3) is 5.91 Å². The highest BCUT2D eigenvalue weighted by Crippen LogP contribution is 2.30. The molecule has 144 valence electrons. The molecule has 0 bridgehead atoms.